The molecule has 4 aliphatic heterocycles. The van der Waals surface area contributed by atoms with Crippen molar-refractivity contribution in [2.75, 3.05) is 26.2 Å². The molecular weight excluding hydrogens is 372 g/mol. The summed E-state index contributed by atoms with van der Waals surface area (Å²) in [5.41, 5.74) is 5.57. The zero-order valence-electron chi connectivity index (χ0n) is 18.0. The molecule has 4 nitrogen and oxygen atoms in total. The Morgan fingerprint density at radius 1 is 0.667 bits per heavy atom. The summed E-state index contributed by atoms with van der Waals surface area (Å²) < 4.78 is 12.7. The van der Waals surface area contributed by atoms with Crippen LogP contribution < -0.4 is 0 Å². The van der Waals surface area contributed by atoms with Crippen molar-refractivity contribution in [2.24, 2.45) is 0 Å². The van der Waals surface area contributed by atoms with Crippen LogP contribution in [0.15, 0.2) is 48.5 Å². The lowest BCUT2D eigenvalue weighted by Crippen LogP contribution is -2.55. The molecule has 158 valence electrons. The van der Waals surface area contributed by atoms with E-state index in [0.29, 0.717) is 6.17 Å². The second-order valence-electron chi connectivity index (χ2n) is 9.58. The summed E-state index contributed by atoms with van der Waals surface area (Å²) in [7, 11) is 0. The van der Waals surface area contributed by atoms with E-state index in [1.54, 1.807) is 0 Å². The third-order valence-electron chi connectivity index (χ3n) is 8.29. The van der Waals surface area contributed by atoms with Crippen LogP contribution >= 0.6 is 0 Å². The molecule has 0 unspecified atom stereocenters. The number of hydrogen-bond donors (Lipinski definition) is 0. The predicted molar refractivity (Wildman–Crippen MR) is 117 cm³/mol. The molecule has 4 heterocycles. The fourth-order valence-corrected chi connectivity index (χ4v) is 6.34. The summed E-state index contributed by atoms with van der Waals surface area (Å²) in [5.74, 6) is 0. The van der Waals surface area contributed by atoms with E-state index in [1.165, 1.54) is 22.3 Å². The van der Waals surface area contributed by atoms with Gasteiger partial charge in [0.05, 0.1) is 30.6 Å². The largest absolute Gasteiger partial charge is 0.365 e. The maximum absolute atomic E-state index is 6.37. The topological polar surface area (TPSA) is 24.9 Å². The molecule has 0 saturated carbocycles. The van der Waals surface area contributed by atoms with Gasteiger partial charge in [-0.25, -0.2) is 0 Å². The molecular formula is C26H32N2O2. The smallest absolute Gasteiger partial charge is 0.0963 e. The van der Waals surface area contributed by atoms with Gasteiger partial charge in [-0.2, -0.15) is 0 Å². The van der Waals surface area contributed by atoms with Gasteiger partial charge in [-0.3, -0.25) is 9.80 Å². The number of benzene rings is 2. The minimum absolute atomic E-state index is 0.0415. The number of fused-ring (bicyclic) bond motifs is 4. The second-order valence-corrected chi connectivity index (χ2v) is 9.58. The Balaban J connectivity index is 1.10. The third-order valence-corrected chi connectivity index (χ3v) is 8.29. The molecule has 6 rings (SSSR count). The van der Waals surface area contributed by atoms with Gasteiger partial charge in [0.2, 0.25) is 0 Å². The number of nitrogens with zero attached hydrogens (tertiary/aromatic N) is 2. The quantitative estimate of drug-likeness (QED) is 0.742. The normalized spacial score (nSPS) is 25.1. The van der Waals surface area contributed by atoms with Crippen LogP contribution in [-0.2, 0) is 33.9 Å². The first-order valence-corrected chi connectivity index (χ1v) is 11.6. The summed E-state index contributed by atoms with van der Waals surface area (Å²) in [4.78, 5) is 5.33. The molecule has 4 heteroatoms. The van der Waals surface area contributed by atoms with Crippen LogP contribution in [-0.4, -0.2) is 42.1 Å². The van der Waals surface area contributed by atoms with Crippen LogP contribution in [0, 0.1) is 0 Å². The number of rotatable bonds is 2. The summed E-state index contributed by atoms with van der Waals surface area (Å²) >= 11 is 0. The lowest BCUT2D eigenvalue weighted by Gasteiger charge is -2.47. The van der Waals surface area contributed by atoms with E-state index in [9.17, 15) is 0 Å². The molecule has 2 aromatic carbocycles. The Morgan fingerprint density at radius 2 is 1.07 bits per heavy atom. The van der Waals surface area contributed by atoms with E-state index in [2.05, 4.69) is 65.3 Å². The van der Waals surface area contributed by atoms with Crippen molar-refractivity contribution in [3.8, 4) is 0 Å². The zero-order chi connectivity index (χ0) is 20.2. The summed E-state index contributed by atoms with van der Waals surface area (Å²) in [5, 5.41) is 0. The first-order valence-electron chi connectivity index (χ1n) is 11.6. The highest BCUT2D eigenvalue weighted by molar-refractivity contribution is 5.37. The van der Waals surface area contributed by atoms with Crippen LogP contribution in [0.4, 0.5) is 0 Å². The van der Waals surface area contributed by atoms with Gasteiger partial charge in [0, 0.05) is 26.2 Å². The molecule has 0 N–H and O–H groups in total. The van der Waals surface area contributed by atoms with Crippen molar-refractivity contribution in [2.45, 2.75) is 63.2 Å². The number of ether oxygens (including phenoxy) is 2. The molecule has 2 saturated heterocycles. The van der Waals surface area contributed by atoms with Gasteiger partial charge in [0.15, 0.2) is 0 Å². The third kappa shape index (κ3) is 2.89. The molecule has 2 aromatic rings. The maximum Gasteiger partial charge on any atom is 0.0963 e. The molecule has 2 spiro atoms. The van der Waals surface area contributed by atoms with E-state index >= 15 is 0 Å². The van der Waals surface area contributed by atoms with Gasteiger partial charge in [-0.1, -0.05) is 48.5 Å². The average Bonchev–Trinajstić information content (AvgIpc) is 3.34. The maximum atomic E-state index is 6.37. The first kappa shape index (κ1) is 19.0. The zero-order valence-corrected chi connectivity index (χ0v) is 18.0. The molecule has 0 radical (unpaired) electrons. The van der Waals surface area contributed by atoms with Crippen molar-refractivity contribution in [1.29, 1.82) is 0 Å². The minimum Gasteiger partial charge on any atom is -0.365 e. The van der Waals surface area contributed by atoms with Gasteiger partial charge in [0.1, 0.15) is 0 Å². The Morgan fingerprint density at radius 3 is 1.50 bits per heavy atom. The van der Waals surface area contributed by atoms with E-state index < -0.39 is 0 Å². The van der Waals surface area contributed by atoms with E-state index in [0.717, 1.165) is 65.1 Å². The molecule has 0 aliphatic carbocycles. The van der Waals surface area contributed by atoms with E-state index in [-0.39, 0.29) is 11.2 Å². The highest BCUT2D eigenvalue weighted by Gasteiger charge is 2.46. The summed E-state index contributed by atoms with van der Waals surface area (Å²) in [6, 6.07) is 17.6. The van der Waals surface area contributed by atoms with Crippen LogP contribution in [0.2, 0.25) is 0 Å². The fourth-order valence-electron chi connectivity index (χ4n) is 6.34. The first-order chi connectivity index (χ1) is 14.7. The van der Waals surface area contributed by atoms with E-state index in [4.69, 9.17) is 9.47 Å². The van der Waals surface area contributed by atoms with Gasteiger partial charge in [0.25, 0.3) is 0 Å². The van der Waals surface area contributed by atoms with Crippen molar-refractivity contribution in [1.82, 2.24) is 9.80 Å². The lowest BCUT2D eigenvalue weighted by molar-refractivity contribution is -0.115. The Labute approximate surface area is 179 Å². The molecule has 30 heavy (non-hydrogen) atoms. The van der Waals surface area contributed by atoms with Gasteiger partial charge in [-0.15, -0.1) is 0 Å². The Bertz CT molecular complexity index is 851. The fraction of sp³-hybridized carbons (Fsp3) is 0.538. The lowest BCUT2D eigenvalue weighted by atomic mass is 9.83. The van der Waals surface area contributed by atoms with Crippen molar-refractivity contribution in [3.05, 3.63) is 70.8 Å². The minimum atomic E-state index is -0.0415. The van der Waals surface area contributed by atoms with E-state index in [1.807, 2.05) is 0 Å². The molecule has 0 atom stereocenters. The standard InChI is InChI=1S/C26H32N2O2/c1-20(27-14-10-25(11-15-27)23-8-4-2-6-21(23)18-29-25)28-16-12-26(13-17-28)24-9-5-3-7-22(24)19-30-26/h2-9,20H,10-19H2,1H3. The molecule has 0 bridgehead atoms. The van der Waals surface area contributed by atoms with Crippen molar-refractivity contribution in [3.63, 3.8) is 0 Å². The molecule has 0 amide bonds. The molecule has 0 aromatic heterocycles. The van der Waals surface area contributed by atoms with Crippen molar-refractivity contribution >= 4 is 0 Å². The van der Waals surface area contributed by atoms with Crippen LogP contribution in [0.1, 0.15) is 54.9 Å². The van der Waals surface area contributed by atoms with Gasteiger partial charge < -0.3 is 9.47 Å². The number of hydrogen-bond acceptors (Lipinski definition) is 4. The van der Waals surface area contributed by atoms with Gasteiger partial charge in [-0.05, 0) is 54.9 Å². The second kappa shape index (κ2) is 7.16. The monoisotopic (exact) mass is 404 g/mol. The SMILES string of the molecule is CC(N1CCC2(CC1)OCc1ccccc12)N1CCC2(CC1)OCc1ccccc12. The Hall–Kier alpha value is -1.72. The highest BCUT2D eigenvalue weighted by atomic mass is 16.5. The van der Waals surface area contributed by atoms with Crippen molar-refractivity contribution < 1.29 is 9.47 Å². The van der Waals surface area contributed by atoms with Crippen LogP contribution in [0.5, 0.6) is 0 Å². The molecule has 4 aliphatic rings. The average molecular weight is 405 g/mol. The highest BCUT2D eigenvalue weighted by Crippen LogP contribution is 2.46. The summed E-state index contributed by atoms with van der Waals surface area (Å²) in [6.45, 7) is 8.38. The predicted octanol–water partition coefficient (Wildman–Crippen LogP) is 4.38. The molecule has 2 fully saturated rings. The van der Waals surface area contributed by atoms with Gasteiger partial charge >= 0.3 is 0 Å². The number of piperidine rings is 2. The Kier molecular flexibility index (Phi) is 4.54. The number of likely N-dealkylation sites (tertiary alicyclic amines) is 2. The summed E-state index contributed by atoms with van der Waals surface area (Å²) in [6.07, 6.45) is 4.88. The van der Waals surface area contributed by atoms with Crippen LogP contribution in [0.25, 0.3) is 0 Å². The van der Waals surface area contributed by atoms with Crippen LogP contribution in [0.3, 0.4) is 0 Å².